The zero-order valence-corrected chi connectivity index (χ0v) is 15.8. The SMILES string of the molecule is C#CCOc1ccc2ccccc2c1/C=N\N1C(=O)[C@@H]2[C@@H](C1=O)[C@H]1C=C[C@H]2CC1. The normalized spacial score (nSPS) is 27.6. The van der Waals surface area contributed by atoms with Crippen molar-refractivity contribution in [2.45, 2.75) is 12.8 Å². The highest BCUT2D eigenvalue weighted by Gasteiger charge is 2.56. The molecule has 2 aromatic rings. The molecule has 3 aliphatic carbocycles. The van der Waals surface area contributed by atoms with Gasteiger partial charge in [-0.05, 0) is 41.5 Å². The maximum atomic E-state index is 13.0. The van der Waals surface area contributed by atoms with Crippen LogP contribution in [-0.2, 0) is 9.59 Å². The molecule has 1 saturated carbocycles. The van der Waals surface area contributed by atoms with Gasteiger partial charge in [0.2, 0.25) is 0 Å². The number of carbonyl (C=O) groups excluding carboxylic acids is 2. The molecule has 29 heavy (non-hydrogen) atoms. The van der Waals surface area contributed by atoms with Crippen molar-refractivity contribution in [1.82, 2.24) is 5.01 Å². The minimum absolute atomic E-state index is 0.125. The van der Waals surface area contributed by atoms with Gasteiger partial charge >= 0.3 is 0 Å². The van der Waals surface area contributed by atoms with E-state index in [1.54, 1.807) is 6.21 Å². The number of imide groups is 1. The number of nitrogens with zero attached hydrogens (tertiary/aromatic N) is 2. The molecule has 4 aliphatic rings. The van der Waals surface area contributed by atoms with Crippen LogP contribution in [0.5, 0.6) is 5.75 Å². The fourth-order valence-electron chi connectivity index (χ4n) is 4.94. The topological polar surface area (TPSA) is 59.0 Å². The molecule has 1 saturated heterocycles. The summed E-state index contributed by atoms with van der Waals surface area (Å²) in [7, 11) is 0. The van der Waals surface area contributed by atoms with Crippen LogP contribution in [0, 0.1) is 36.0 Å². The third-order valence-electron chi connectivity index (χ3n) is 6.28. The molecule has 2 amide bonds. The highest BCUT2D eigenvalue weighted by molar-refractivity contribution is 6.08. The standard InChI is InChI=1S/C24H20N2O3/c1-2-13-29-20-12-11-15-5-3-4-6-18(15)19(20)14-25-26-23(27)21-16-7-8-17(10-9-16)22(21)24(26)28/h1,3-8,11-12,14,16-17,21-22H,9-10,13H2/b25-14-/t16-,17-,21-,22-/m0/s1. The number of amides is 2. The molecule has 2 aromatic carbocycles. The van der Waals surface area contributed by atoms with E-state index in [0.29, 0.717) is 11.3 Å². The molecular weight excluding hydrogens is 364 g/mol. The third kappa shape index (κ3) is 2.75. The van der Waals surface area contributed by atoms with E-state index in [0.717, 1.165) is 28.6 Å². The first kappa shape index (κ1) is 17.7. The van der Waals surface area contributed by atoms with Crippen molar-refractivity contribution in [3.8, 4) is 18.1 Å². The van der Waals surface area contributed by atoms with Gasteiger partial charge in [0.15, 0.2) is 0 Å². The van der Waals surface area contributed by atoms with Gasteiger partial charge in [0.05, 0.1) is 18.1 Å². The van der Waals surface area contributed by atoms with Crippen LogP contribution in [-0.4, -0.2) is 29.6 Å². The fourth-order valence-corrected chi connectivity index (χ4v) is 4.94. The van der Waals surface area contributed by atoms with Gasteiger partial charge in [-0.15, -0.1) is 6.42 Å². The Morgan fingerprint density at radius 1 is 1.07 bits per heavy atom. The molecule has 0 N–H and O–H groups in total. The van der Waals surface area contributed by atoms with Crippen LogP contribution >= 0.6 is 0 Å². The summed E-state index contributed by atoms with van der Waals surface area (Å²) in [5.74, 6) is 2.40. The predicted molar refractivity (Wildman–Crippen MR) is 110 cm³/mol. The zero-order valence-electron chi connectivity index (χ0n) is 15.8. The van der Waals surface area contributed by atoms with E-state index in [1.165, 1.54) is 0 Å². The second-order valence-corrected chi connectivity index (χ2v) is 7.77. The van der Waals surface area contributed by atoms with Gasteiger partial charge in [0, 0.05) is 5.56 Å². The van der Waals surface area contributed by atoms with Crippen molar-refractivity contribution in [3.63, 3.8) is 0 Å². The Balaban J connectivity index is 1.52. The molecule has 5 heteroatoms. The number of hydrogen-bond acceptors (Lipinski definition) is 4. The monoisotopic (exact) mass is 384 g/mol. The number of hydrogen-bond donors (Lipinski definition) is 0. The van der Waals surface area contributed by atoms with Crippen molar-refractivity contribution in [2.24, 2.45) is 28.8 Å². The van der Waals surface area contributed by atoms with Crippen LogP contribution in [0.15, 0.2) is 53.7 Å². The van der Waals surface area contributed by atoms with Crippen LogP contribution in [0.1, 0.15) is 18.4 Å². The first-order chi connectivity index (χ1) is 14.2. The van der Waals surface area contributed by atoms with Crippen LogP contribution in [0.2, 0.25) is 0 Å². The molecule has 6 rings (SSSR count). The Bertz CT molecular complexity index is 1080. The van der Waals surface area contributed by atoms with Crippen molar-refractivity contribution in [3.05, 3.63) is 54.1 Å². The van der Waals surface area contributed by atoms with E-state index in [1.807, 2.05) is 36.4 Å². The Kier molecular flexibility index (Phi) is 4.21. The Morgan fingerprint density at radius 2 is 1.76 bits per heavy atom. The van der Waals surface area contributed by atoms with Crippen LogP contribution in [0.4, 0.5) is 0 Å². The molecule has 0 radical (unpaired) electrons. The number of rotatable bonds is 4. The van der Waals surface area contributed by atoms with Crippen LogP contribution in [0.3, 0.4) is 0 Å². The summed E-state index contributed by atoms with van der Waals surface area (Å²) >= 11 is 0. The number of carbonyl (C=O) groups is 2. The summed E-state index contributed by atoms with van der Waals surface area (Å²) in [6.07, 6.45) is 13.0. The van der Waals surface area contributed by atoms with Crippen LogP contribution in [0.25, 0.3) is 10.8 Å². The van der Waals surface area contributed by atoms with Gasteiger partial charge in [0.25, 0.3) is 11.8 Å². The second-order valence-electron chi connectivity index (χ2n) is 7.77. The molecule has 1 heterocycles. The Labute approximate surface area is 169 Å². The fraction of sp³-hybridized carbons (Fsp3) is 0.292. The lowest BCUT2D eigenvalue weighted by molar-refractivity contribution is -0.140. The number of hydrazone groups is 1. The Morgan fingerprint density at radius 3 is 2.41 bits per heavy atom. The summed E-state index contributed by atoms with van der Waals surface area (Å²) < 4.78 is 5.68. The number of ether oxygens (including phenoxy) is 1. The summed E-state index contributed by atoms with van der Waals surface area (Å²) in [5, 5.41) is 7.35. The second kappa shape index (κ2) is 6.89. The van der Waals surface area contributed by atoms with E-state index < -0.39 is 0 Å². The summed E-state index contributed by atoms with van der Waals surface area (Å²) in [6, 6.07) is 11.6. The molecule has 4 atom stereocenters. The summed E-state index contributed by atoms with van der Waals surface area (Å²) in [6.45, 7) is 0.125. The summed E-state index contributed by atoms with van der Waals surface area (Å²) in [5.41, 5.74) is 0.704. The van der Waals surface area contributed by atoms with Crippen LogP contribution < -0.4 is 4.74 Å². The number of fused-ring (bicyclic) bond motifs is 2. The molecule has 0 aromatic heterocycles. The van der Waals surface area contributed by atoms with Gasteiger partial charge in [0.1, 0.15) is 12.4 Å². The quantitative estimate of drug-likeness (QED) is 0.351. The van der Waals surface area contributed by atoms with Crippen molar-refractivity contribution in [2.75, 3.05) is 6.61 Å². The van der Waals surface area contributed by atoms with Gasteiger partial charge in [-0.25, -0.2) is 0 Å². The predicted octanol–water partition coefficient (Wildman–Crippen LogP) is 3.38. The smallest absolute Gasteiger partial charge is 0.254 e. The molecule has 0 spiro atoms. The highest BCUT2D eigenvalue weighted by atomic mass is 16.5. The molecule has 0 unspecified atom stereocenters. The molecule has 1 aliphatic heterocycles. The van der Waals surface area contributed by atoms with Gasteiger partial charge in [-0.1, -0.05) is 48.4 Å². The van der Waals surface area contributed by atoms with Crippen molar-refractivity contribution < 1.29 is 14.3 Å². The van der Waals surface area contributed by atoms with E-state index in [-0.39, 0.29) is 42.1 Å². The van der Waals surface area contributed by atoms with Gasteiger partial charge in [-0.2, -0.15) is 10.1 Å². The Hall–Kier alpha value is -3.39. The molecule has 2 fully saturated rings. The largest absolute Gasteiger partial charge is 0.480 e. The summed E-state index contributed by atoms with van der Waals surface area (Å²) in [4.78, 5) is 26.0. The highest BCUT2D eigenvalue weighted by Crippen LogP contribution is 2.49. The molecular formula is C24H20N2O3. The molecule has 5 nitrogen and oxygen atoms in total. The van der Waals surface area contributed by atoms with E-state index in [2.05, 4.69) is 23.2 Å². The number of benzene rings is 2. The zero-order chi connectivity index (χ0) is 20.0. The first-order valence-corrected chi connectivity index (χ1v) is 9.87. The lowest BCUT2D eigenvalue weighted by atomic mass is 9.63. The maximum Gasteiger partial charge on any atom is 0.254 e. The van der Waals surface area contributed by atoms with E-state index in [4.69, 9.17) is 11.2 Å². The average molecular weight is 384 g/mol. The van der Waals surface area contributed by atoms with Crippen molar-refractivity contribution >= 4 is 28.8 Å². The lowest BCUT2D eigenvalue weighted by Crippen LogP contribution is -2.38. The minimum Gasteiger partial charge on any atom is -0.480 e. The van der Waals surface area contributed by atoms with Gasteiger partial charge in [-0.3, -0.25) is 9.59 Å². The molecule has 144 valence electrons. The molecule has 2 bridgehead atoms. The van der Waals surface area contributed by atoms with Crippen molar-refractivity contribution in [1.29, 1.82) is 0 Å². The van der Waals surface area contributed by atoms with E-state index in [9.17, 15) is 9.59 Å². The van der Waals surface area contributed by atoms with Gasteiger partial charge < -0.3 is 4.74 Å². The maximum absolute atomic E-state index is 13.0. The van der Waals surface area contributed by atoms with E-state index >= 15 is 0 Å². The average Bonchev–Trinajstić information content (AvgIpc) is 3.04. The first-order valence-electron chi connectivity index (χ1n) is 9.87. The minimum atomic E-state index is -0.270. The lowest BCUT2D eigenvalue weighted by Gasteiger charge is -2.37. The number of terminal acetylenes is 1. The number of allylic oxidation sites excluding steroid dienone is 2. The third-order valence-corrected chi connectivity index (χ3v) is 6.28.